The van der Waals surface area contributed by atoms with Gasteiger partial charge in [-0.3, -0.25) is 10.1 Å². The smallest absolute Gasteiger partial charge is 0.350 e. The number of aryl methyl sites for hydroxylation is 2. The highest BCUT2D eigenvalue weighted by Crippen LogP contribution is 2.28. The maximum Gasteiger partial charge on any atom is 0.350 e. The van der Waals surface area contributed by atoms with Gasteiger partial charge in [-0.25, -0.2) is 9.78 Å². The second kappa shape index (κ2) is 7.49. The lowest BCUT2D eigenvalue weighted by Gasteiger charge is -2.03. The van der Waals surface area contributed by atoms with Crippen molar-refractivity contribution in [2.45, 2.75) is 20.8 Å². The Kier molecular flexibility index (Phi) is 5.13. The van der Waals surface area contributed by atoms with Gasteiger partial charge in [0.05, 0.1) is 12.3 Å². The van der Waals surface area contributed by atoms with E-state index in [1.165, 1.54) is 0 Å². The van der Waals surface area contributed by atoms with Gasteiger partial charge >= 0.3 is 5.97 Å². The van der Waals surface area contributed by atoms with E-state index < -0.39 is 11.9 Å². The van der Waals surface area contributed by atoms with E-state index in [1.807, 2.05) is 30.3 Å². The summed E-state index contributed by atoms with van der Waals surface area (Å²) in [6.45, 7) is 5.37. The lowest BCUT2D eigenvalue weighted by atomic mass is 10.1. The fraction of sp³-hybridized carbons (Fsp3) is 0.222. The fourth-order valence-corrected chi connectivity index (χ4v) is 3.28. The number of nitrogens with one attached hydrogen (secondary N) is 1. The summed E-state index contributed by atoms with van der Waals surface area (Å²) in [5.74, 6) is -0.443. The molecule has 1 N–H and O–H groups in total. The maximum absolute atomic E-state index is 12.7. The van der Waals surface area contributed by atoms with Gasteiger partial charge < -0.3 is 9.26 Å². The predicted octanol–water partition coefficient (Wildman–Crippen LogP) is 3.84. The summed E-state index contributed by atoms with van der Waals surface area (Å²) in [6.07, 6.45) is 0. The SMILES string of the molecule is CCOC(=O)c1sc(NC(=O)c2c(-c3ccccc3)noc2C)nc1C. The molecule has 0 saturated heterocycles. The first-order chi connectivity index (χ1) is 12.5. The van der Waals surface area contributed by atoms with Crippen molar-refractivity contribution in [1.29, 1.82) is 0 Å². The third kappa shape index (κ3) is 3.50. The molecule has 0 aliphatic carbocycles. The molecule has 3 aromatic rings. The highest BCUT2D eigenvalue weighted by atomic mass is 32.1. The highest BCUT2D eigenvalue weighted by molar-refractivity contribution is 7.17. The largest absolute Gasteiger partial charge is 0.462 e. The number of esters is 1. The molecule has 26 heavy (non-hydrogen) atoms. The van der Waals surface area contributed by atoms with Crippen molar-refractivity contribution in [3.8, 4) is 11.3 Å². The molecule has 0 aliphatic heterocycles. The van der Waals surface area contributed by atoms with E-state index in [2.05, 4.69) is 15.5 Å². The summed E-state index contributed by atoms with van der Waals surface area (Å²) in [6, 6.07) is 9.29. The summed E-state index contributed by atoms with van der Waals surface area (Å²) in [5.41, 5.74) is 2.08. The molecule has 0 radical (unpaired) electrons. The molecule has 134 valence electrons. The number of aromatic nitrogens is 2. The molecule has 0 aliphatic rings. The number of carbonyl (C=O) groups is 2. The first-order valence-electron chi connectivity index (χ1n) is 7.98. The number of ether oxygens (including phenoxy) is 1. The Morgan fingerprint density at radius 2 is 1.96 bits per heavy atom. The molecule has 1 aromatic carbocycles. The molecular weight excluding hydrogens is 354 g/mol. The molecule has 2 heterocycles. The van der Waals surface area contributed by atoms with Crippen molar-refractivity contribution in [3.05, 3.63) is 52.2 Å². The topological polar surface area (TPSA) is 94.3 Å². The lowest BCUT2D eigenvalue weighted by molar-refractivity contribution is 0.0531. The van der Waals surface area contributed by atoms with Crippen molar-refractivity contribution in [2.75, 3.05) is 11.9 Å². The number of benzene rings is 1. The lowest BCUT2D eigenvalue weighted by Crippen LogP contribution is -2.13. The van der Waals surface area contributed by atoms with Gasteiger partial charge in [0.15, 0.2) is 5.13 Å². The maximum atomic E-state index is 12.7. The van der Waals surface area contributed by atoms with Crippen LogP contribution in [0.2, 0.25) is 0 Å². The van der Waals surface area contributed by atoms with Crippen molar-refractivity contribution in [3.63, 3.8) is 0 Å². The van der Waals surface area contributed by atoms with Gasteiger partial charge in [-0.15, -0.1) is 0 Å². The van der Waals surface area contributed by atoms with Gasteiger partial charge in [-0.2, -0.15) is 0 Å². The summed E-state index contributed by atoms with van der Waals surface area (Å²) in [4.78, 5) is 29.2. The van der Waals surface area contributed by atoms with Crippen LogP contribution < -0.4 is 5.32 Å². The molecule has 0 unspecified atom stereocenters. The van der Waals surface area contributed by atoms with Gasteiger partial charge in [0.25, 0.3) is 5.91 Å². The zero-order valence-corrected chi connectivity index (χ0v) is 15.3. The van der Waals surface area contributed by atoms with E-state index >= 15 is 0 Å². The van der Waals surface area contributed by atoms with Crippen LogP contribution >= 0.6 is 11.3 Å². The van der Waals surface area contributed by atoms with Crippen LogP contribution in [-0.4, -0.2) is 28.6 Å². The number of nitrogens with zero attached hydrogens (tertiary/aromatic N) is 2. The predicted molar refractivity (Wildman–Crippen MR) is 97.4 cm³/mol. The minimum Gasteiger partial charge on any atom is -0.462 e. The molecule has 0 fully saturated rings. The number of rotatable bonds is 5. The molecule has 0 saturated carbocycles. The number of thiazole rings is 1. The fourth-order valence-electron chi connectivity index (χ4n) is 2.43. The van der Waals surface area contributed by atoms with Gasteiger partial charge in [0, 0.05) is 5.56 Å². The number of anilines is 1. The molecular formula is C18H17N3O4S. The van der Waals surface area contributed by atoms with E-state index in [4.69, 9.17) is 9.26 Å². The van der Waals surface area contributed by atoms with Gasteiger partial charge in [-0.1, -0.05) is 46.8 Å². The van der Waals surface area contributed by atoms with Crippen LogP contribution in [0.25, 0.3) is 11.3 Å². The van der Waals surface area contributed by atoms with E-state index in [0.29, 0.717) is 32.7 Å². The molecule has 7 nitrogen and oxygen atoms in total. The zero-order valence-electron chi connectivity index (χ0n) is 14.5. The van der Waals surface area contributed by atoms with Crippen LogP contribution in [0.5, 0.6) is 0 Å². The summed E-state index contributed by atoms with van der Waals surface area (Å²) in [7, 11) is 0. The minimum atomic E-state index is -0.450. The Morgan fingerprint density at radius 1 is 1.23 bits per heavy atom. The van der Waals surface area contributed by atoms with Crippen molar-refractivity contribution in [1.82, 2.24) is 10.1 Å². The first-order valence-corrected chi connectivity index (χ1v) is 8.80. The number of carbonyl (C=O) groups excluding carboxylic acids is 2. The van der Waals surface area contributed by atoms with Crippen molar-refractivity contribution in [2.24, 2.45) is 0 Å². The number of amides is 1. The third-order valence-corrected chi connectivity index (χ3v) is 4.67. The Morgan fingerprint density at radius 3 is 2.65 bits per heavy atom. The van der Waals surface area contributed by atoms with Gasteiger partial charge in [0.1, 0.15) is 21.9 Å². The van der Waals surface area contributed by atoms with Crippen LogP contribution in [0.3, 0.4) is 0 Å². The van der Waals surface area contributed by atoms with E-state index in [-0.39, 0.29) is 6.61 Å². The molecule has 0 atom stereocenters. The van der Waals surface area contributed by atoms with Crippen LogP contribution in [0.4, 0.5) is 5.13 Å². The third-order valence-electron chi connectivity index (χ3n) is 3.61. The average Bonchev–Trinajstić information content (AvgIpc) is 3.18. The quantitative estimate of drug-likeness (QED) is 0.685. The van der Waals surface area contributed by atoms with Crippen molar-refractivity contribution < 1.29 is 18.8 Å². The second-order valence-electron chi connectivity index (χ2n) is 5.44. The second-order valence-corrected chi connectivity index (χ2v) is 6.44. The van der Waals surface area contributed by atoms with Crippen LogP contribution in [0.15, 0.2) is 34.9 Å². The Bertz CT molecular complexity index is 947. The summed E-state index contributed by atoms with van der Waals surface area (Å²) < 4.78 is 10.2. The average molecular weight is 371 g/mol. The Hall–Kier alpha value is -3.00. The number of hydrogen-bond acceptors (Lipinski definition) is 7. The minimum absolute atomic E-state index is 0.276. The Labute approximate surface area is 154 Å². The normalized spacial score (nSPS) is 10.6. The molecule has 2 aromatic heterocycles. The van der Waals surface area contributed by atoms with Crippen LogP contribution in [0.1, 0.15) is 38.4 Å². The molecule has 0 bridgehead atoms. The van der Waals surface area contributed by atoms with E-state index in [1.54, 1.807) is 20.8 Å². The van der Waals surface area contributed by atoms with Crippen molar-refractivity contribution >= 4 is 28.3 Å². The molecule has 8 heteroatoms. The first kappa shape index (κ1) is 17.8. The van der Waals surface area contributed by atoms with Crippen LogP contribution in [-0.2, 0) is 4.74 Å². The monoisotopic (exact) mass is 371 g/mol. The number of hydrogen-bond donors (Lipinski definition) is 1. The summed E-state index contributed by atoms with van der Waals surface area (Å²) >= 11 is 1.07. The van der Waals surface area contributed by atoms with E-state index in [9.17, 15) is 9.59 Å². The molecule has 3 rings (SSSR count). The summed E-state index contributed by atoms with van der Waals surface area (Å²) in [5, 5.41) is 7.03. The van der Waals surface area contributed by atoms with E-state index in [0.717, 1.165) is 16.9 Å². The molecule has 0 spiro atoms. The highest BCUT2D eigenvalue weighted by Gasteiger charge is 2.24. The van der Waals surface area contributed by atoms with Gasteiger partial charge in [0.2, 0.25) is 0 Å². The van der Waals surface area contributed by atoms with Gasteiger partial charge in [-0.05, 0) is 20.8 Å². The Balaban J connectivity index is 1.87. The van der Waals surface area contributed by atoms with Crippen LogP contribution in [0, 0.1) is 13.8 Å². The molecule has 1 amide bonds. The zero-order chi connectivity index (χ0) is 18.7. The standard InChI is InChI=1S/C18H17N3O4S/c1-4-24-17(23)15-10(2)19-18(26-15)20-16(22)13-11(3)25-21-14(13)12-8-6-5-7-9-12/h5-9H,4H2,1-3H3,(H,19,20,22).